The Morgan fingerprint density at radius 2 is 2.25 bits per heavy atom. The van der Waals surface area contributed by atoms with Gasteiger partial charge >= 0.3 is 5.97 Å². The molecule has 0 aliphatic carbocycles. The quantitative estimate of drug-likeness (QED) is 0.532. The van der Waals surface area contributed by atoms with Gasteiger partial charge in [0.1, 0.15) is 23.3 Å². The fourth-order valence-electron chi connectivity index (χ4n) is 2.10. The van der Waals surface area contributed by atoms with Gasteiger partial charge in [0.15, 0.2) is 0 Å². The highest BCUT2D eigenvalue weighted by Gasteiger charge is 2.38. The van der Waals surface area contributed by atoms with Gasteiger partial charge in [-0.2, -0.15) is 0 Å². The maximum absolute atomic E-state index is 11.8. The van der Waals surface area contributed by atoms with Gasteiger partial charge in [0.25, 0.3) is 0 Å². The molecular formula is C13H17ClIN3O2. The van der Waals surface area contributed by atoms with Crippen LogP contribution in [-0.4, -0.2) is 40.7 Å². The molecule has 20 heavy (non-hydrogen) atoms. The zero-order chi connectivity index (χ0) is 14.9. The number of ether oxygens (including phenoxy) is 1. The van der Waals surface area contributed by atoms with E-state index in [9.17, 15) is 4.79 Å². The molecule has 0 N–H and O–H groups in total. The fourth-order valence-corrected chi connectivity index (χ4v) is 3.54. The van der Waals surface area contributed by atoms with Crippen LogP contribution in [0.15, 0.2) is 19.8 Å². The van der Waals surface area contributed by atoms with E-state index in [4.69, 9.17) is 16.3 Å². The Balaban J connectivity index is 1.94. The van der Waals surface area contributed by atoms with Gasteiger partial charge < -0.3 is 9.64 Å². The number of fused-ring (bicyclic) bond motifs is 1. The van der Waals surface area contributed by atoms with Crippen molar-refractivity contribution in [2.45, 2.75) is 39.0 Å². The van der Waals surface area contributed by atoms with Crippen LogP contribution in [0.4, 0.5) is 0 Å². The summed E-state index contributed by atoms with van der Waals surface area (Å²) in [5.41, 5.74) is -0.451. The fraction of sp³-hybridized carbons (Fsp3) is 0.615. The Labute approximate surface area is 137 Å². The molecule has 0 bridgehead atoms. The molecule has 0 spiro atoms. The van der Waals surface area contributed by atoms with Crippen LogP contribution in [0.25, 0.3) is 0 Å². The Hall–Kier alpha value is -0.630. The third-order valence-electron chi connectivity index (χ3n) is 2.88. The van der Waals surface area contributed by atoms with Crippen molar-refractivity contribution in [3.8, 4) is 0 Å². The highest BCUT2D eigenvalue weighted by Crippen LogP contribution is 2.37. The monoisotopic (exact) mass is 409 g/mol. The van der Waals surface area contributed by atoms with Crippen LogP contribution in [-0.2, 0) is 9.53 Å². The molecule has 0 saturated carbocycles. The highest BCUT2D eigenvalue weighted by molar-refractivity contribution is 14.1. The SMILES string of the molecule is CC(C)(C)OC(=O)CCN1C=C(I)C2C(Cl)=NC=NC21. The second-order valence-corrected chi connectivity index (χ2v) is 7.33. The lowest BCUT2D eigenvalue weighted by Gasteiger charge is -2.27. The van der Waals surface area contributed by atoms with Crippen molar-refractivity contribution in [3.63, 3.8) is 0 Å². The van der Waals surface area contributed by atoms with Crippen LogP contribution in [0.1, 0.15) is 27.2 Å². The van der Waals surface area contributed by atoms with E-state index < -0.39 is 5.60 Å². The van der Waals surface area contributed by atoms with E-state index in [-0.39, 0.29) is 18.1 Å². The van der Waals surface area contributed by atoms with Crippen molar-refractivity contribution in [2.24, 2.45) is 15.9 Å². The molecule has 2 atom stereocenters. The number of esters is 1. The lowest BCUT2D eigenvalue weighted by atomic mass is 10.1. The summed E-state index contributed by atoms with van der Waals surface area (Å²) < 4.78 is 6.39. The molecule has 2 unspecified atom stereocenters. The maximum atomic E-state index is 11.8. The van der Waals surface area contributed by atoms with Gasteiger partial charge in [0.05, 0.1) is 12.3 Å². The molecule has 2 heterocycles. The number of hydrogen-bond acceptors (Lipinski definition) is 5. The first kappa shape index (κ1) is 15.8. The van der Waals surface area contributed by atoms with Gasteiger partial charge in [0.2, 0.25) is 0 Å². The highest BCUT2D eigenvalue weighted by atomic mass is 127. The minimum absolute atomic E-state index is 0.000836. The van der Waals surface area contributed by atoms with Crippen LogP contribution in [0.3, 0.4) is 0 Å². The van der Waals surface area contributed by atoms with E-state index in [0.29, 0.717) is 18.1 Å². The average molecular weight is 410 g/mol. The smallest absolute Gasteiger partial charge is 0.308 e. The molecule has 0 saturated heterocycles. The summed E-state index contributed by atoms with van der Waals surface area (Å²) in [4.78, 5) is 22.2. The van der Waals surface area contributed by atoms with Crippen molar-refractivity contribution in [1.29, 1.82) is 0 Å². The summed E-state index contributed by atoms with van der Waals surface area (Å²) >= 11 is 8.36. The van der Waals surface area contributed by atoms with E-state index in [0.717, 1.165) is 3.58 Å². The Morgan fingerprint density at radius 1 is 1.55 bits per heavy atom. The number of hydrogen-bond donors (Lipinski definition) is 0. The first-order valence-corrected chi connectivity index (χ1v) is 7.83. The van der Waals surface area contributed by atoms with Crippen molar-refractivity contribution >= 4 is 51.7 Å². The minimum Gasteiger partial charge on any atom is -0.460 e. The molecular weight excluding hydrogens is 393 g/mol. The zero-order valence-corrected chi connectivity index (χ0v) is 14.6. The Bertz CT molecular complexity index is 496. The van der Waals surface area contributed by atoms with Crippen LogP contribution in [0, 0.1) is 5.92 Å². The number of carbonyl (C=O) groups is 1. The molecule has 2 aliphatic heterocycles. The first-order valence-electron chi connectivity index (χ1n) is 6.37. The number of rotatable bonds is 3. The second kappa shape index (κ2) is 6.01. The average Bonchev–Trinajstić information content (AvgIpc) is 2.63. The third kappa shape index (κ3) is 3.72. The third-order valence-corrected chi connectivity index (χ3v) is 4.16. The molecule has 0 aromatic heterocycles. The summed E-state index contributed by atoms with van der Waals surface area (Å²) in [6.45, 7) is 6.15. The van der Waals surface area contributed by atoms with Gasteiger partial charge in [-0.1, -0.05) is 11.6 Å². The summed E-state index contributed by atoms with van der Waals surface area (Å²) in [5, 5.41) is 0.547. The van der Waals surface area contributed by atoms with Crippen molar-refractivity contribution < 1.29 is 9.53 Å². The predicted octanol–water partition coefficient (Wildman–Crippen LogP) is 2.93. The maximum Gasteiger partial charge on any atom is 0.308 e. The number of carbonyl (C=O) groups excluding carboxylic acids is 1. The lowest BCUT2D eigenvalue weighted by Crippen LogP contribution is -2.36. The van der Waals surface area contributed by atoms with Crippen LogP contribution in [0.5, 0.6) is 0 Å². The van der Waals surface area contributed by atoms with Gasteiger partial charge in [-0.25, -0.2) is 9.98 Å². The van der Waals surface area contributed by atoms with E-state index in [1.165, 1.54) is 6.34 Å². The molecule has 0 aromatic carbocycles. The molecule has 5 nitrogen and oxygen atoms in total. The van der Waals surface area contributed by atoms with E-state index >= 15 is 0 Å². The van der Waals surface area contributed by atoms with Crippen molar-refractivity contribution in [2.75, 3.05) is 6.54 Å². The molecule has 0 radical (unpaired) electrons. The van der Waals surface area contributed by atoms with Crippen molar-refractivity contribution in [3.05, 3.63) is 9.78 Å². The molecule has 2 rings (SSSR count). The number of nitrogens with zero attached hydrogens (tertiary/aromatic N) is 3. The van der Waals surface area contributed by atoms with Crippen LogP contribution >= 0.6 is 34.2 Å². The number of aliphatic imine (C=N–C) groups is 2. The van der Waals surface area contributed by atoms with E-state index in [1.807, 2.05) is 31.9 Å². The topological polar surface area (TPSA) is 54.3 Å². The van der Waals surface area contributed by atoms with Gasteiger partial charge in [-0.15, -0.1) is 0 Å². The van der Waals surface area contributed by atoms with Crippen molar-refractivity contribution in [1.82, 2.24) is 4.90 Å². The lowest BCUT2D eigenvalue weighted by molar-refractivity contribution is -0.155. The summed E-state index contributed by atoms with van der Waals surface area (Å²) in [6, 6.07) is 0. The van der Waals surface area contributed by atoms with Crippen LogP contribution in [0.2, 0.25) is 0 Å². The largest absolute Gasteiger partial charge is 0.460 e. The summed E-state index contributed by atoms with van der Waals surface area (Å²) in [6.07, 6.45) is 3.70. The second-order valence-electron chi connectivity index (χ2n) is 5.70. The van der Waals surface area contributed by atoms with Crippen LogP contribution < -0.4 is 0 Å². The molecule has 2 aliphatic rings. The molecule has 0 aromatic rings. The minimum atomic E-state index is -0.451. The molecule has 7 heteroatoms. The van der Waals surface area contributed by atoms with Gasteiger partial charge in [-0.05, 0) is 43.4 Å². The summed E-state index contributed by atoms with van der Waals surface area (Å²) in [7, 11) is 0. The van der Waals surface area contributed by atoms with E-state index in [2.05, 4.69) is 32.6 Å². The number of halogens is 2. The standard InChI is InChI=1S/C13H17ClIN3O2/c1-13(2,3)20-9(19)4-5-18-6-8(15)10-11(14)16-7-17-12(10)18/h6-7,10,12H,4-5H2,1-3H3. The van der Waals surface area contributed by atoms with E-state index in [1.54, 1.807) is 0 Å². The molecule has 110 valence electrons. The van der Waals surface area contributed by atoms with Gasteiger partial charge in [0, 0.05) is 16.3 Å². The van der Waals surface area contributed by atoms with Gasteiger partial charge in [-0.3, -0.25) is 4.79 Å². The summed E-state index contributed by atoms with van der Waals surface area (Å²) in [5.74, 6) is -0.204. The predicted molar refractivity (Wildman–Crippen MR) is 88.3 cm³/mol. The molecule has 0 fully saturated rings. The Kier molecular flexibility index (Phi) is 4.73. The Morgan fingerprint density at radius 3 is 2.90 bits per heavy atom. The normalized spacial score (nSPS) is 25.1. The molecule has 0 amide bonds. The zero-order valence-electron chi connectivity index (χ0n) is 11.6. The first-order chi connectivity index (χ1) is 9.28.